The molecule has 1 atom stereocenters. The summed E-state index contributed by atoms with van der Waals surface area (Å²) < 4.78 is 0. The Morgan fingerprint density at radius 3 is 2.40 bits per heavy atom. The predicted molar refractivity (Wildman–Crippen MR) is 113 cm³/mol. The second-order valence-electron chi connectivity index (χ2n) is 5.49. The van der Waals surface area contributed by atoms with Crippen molar-refractivity contribution in [1.82, 2.24) is 15.6 Å². The summed E-state index contributed by atoms with van der Waals surface area (Å²) in [6, 6.07) is 12.0. The van der Waals surface area contributed by atoms with Gasteiger partial charge in [-0.1, -0.05) is 31.2 Å². The van der Waals surface area contributed by atoms with Crippen LogP contribution < -0.4 is 10.6 Å². The van der Waals surface area contributed by atoms with Crippen LogP contribution in [0.1, 0.15) is 36.6 Å². The number of nitrogens with zero attached hydrogens (tertiary/aromatic N) is 2. The molecule has 3 N–H and O–H groups in total. The highest BCUT2D eigenvalue weighted by Gasteiger charge is 2.08. The maximum absolute atomic E-state index is 10.2. The van der Waals surface area contributed by atoms with Gasteiger partial charge in [-0.15, -0.1) is 24.0 Å². The zero-order valence-electron chi connectivity index (χ0n) is 14.8. The summed E-state index contributed by atoms with van der Waals surface area (Å²) >= 11 is 0. The Balaban J connectivity index is 0.00000312. The number of hydrogen-bond acceptors (Lipinski definition) is 3. The van der Waals surface area contributed by atoms with Crippen molar-refractivity contribution in [2.45, 2.75) is 32.9 Å². The van der Waals surface area contributed by atoms with Gasteiger partial charge in [0.2, 0.25) is 0 Å². The van der Waals surface area contributed by atoms with Crippen LogP contribution in [0, 0.1) is 0 Å². The van der Waals surface area contributed by atoms with E-state index in [1.165, 1.54) is 11.1 Å². The fourth-order valence-electron chi connectivity index (χ4n) is 2.46. The summed E-state index contributed by atoms with van der Waals surface area (Å²) in [6.45, 7) is 5.95. The number of nitrogens with one attached hydrogen (secondary N) is 2. The molecule has 0 radical (unpaired) electrons. The molecule has 1 unspecified atom stereocenters. The number of guanidine groups is 1. The minimum absolute atomic E-state index is 0. The van der Waals surface area contributed by atoms with Gasteiger partial charge in [-0.2, -0.15) is 0 Å². The number of aliphatic hydroxyl groups is 1. The van der Waals surface area contributed by atoms with Crippen LogP contribution in [0.5, 0.6) is 0 Å². The minimum Gasteiger partial charge on any atom is -0.387 e. The van der Waals surface area contributed by atoms with Crippen LogP contribution in [0.15, 0.2) is 53.8 Å². The number of halogens is 1. The van der Waals surface area contributed by atoms with Crippen LogP contribution in [0.2, 0.25) is 0 Å². The van der Waals surface area contributed by atoms with Crippen LogP contribution in [-0.4, -0.2) is 29.1 Å². The lowest BCUT2D eigenvalue weighted by molar-refractivity contribution is 0.180. The molecule has 0 aliphatic heterocycles. The molecule has 2 aromatic rings. The zero-order chi connectivity index (χ0) is 17.2. The first kappa shape index (κ1) is 21.4. The van der Waals surface area contributed by atoms with Gasteiger partial charge in [0, 0.05) is 25.5 Å². The summed E-state index contributed by atoms with van der Waals surface area (Å²) in [5, 5.41) is 16.6. The average molecular weight is 454 g/mol. The number of aliphatic hydroxyl groups excluding tert-OH is 1. The third-order valence-corrected chi connectivity index (χ3v) is 3.80. The molecule has 0 amide bonds. The predicted octanol–water partition coefficient (Wildman–Crippen LogP) is 3.05. The van der Waals surface area contributed by atoms with E-state index in [0.29, 0.717) is 19.0 Å². The van der Waals surface area contributed by atoms with E-state index in [9.17, 15) is 5.11 Å². The lowest BCUT2D eigenvalue weighted by Gasteiger charge is -2.15. The molecule has 136 valence electrons. The summed E-state index contributed by atoms with van der Waals surface area (Å²) in [7, 11) is 0. The SMILES string of the molecule is CCNC(=NCc1ccccc1CC)NCC(O)c1ccncc1.I. The molecule has 0 bridgehead atoms. The van der Waals surface area contributed by atoms with Crippen molar-refractivity contribution >= 4 is 29.9 Å². The zero-order valence-corrected chi connectivity index (χ0v) is 17.1. The second kappa shape index (κ2) is 11.8. The molecule has 6 heteroatoms. The molecule has 5 nitrogen and oxygen atoms in total. The van der Waals surface area contributed by atoms with Gasteiger partial charge in [0.25, 0.3) is 0 Å². The molecular weight excluding hydrogens is 427 g/mol. The summed E-state index contributed by atoms with van der Waals surface area (Å²) in [6.07, 6.45) is 3.76. The Morgan fingerprint density at radius 1 is 1.08 bits per heavy atom. The van der Waals surface area contributed by atoms with Gasteiger partial charge in [-0.3, -0.25) is 4.98 Å². The Labute approximate surface area is 167 Å². The lowest BCUT2D eigenvalue weighted by atomic mass is 10.1. The Morgan fingerprint density at radius 2 is 1.76 bits per heavy atom. The lowest BCUT2D eigenvalue weighted by Crippen LogP contribution is -2.39. The molecule has 0 spiro atoms. The normalized spacial score (nSPS) is 12.2. The molecule has 25 heavy (non-hydrogen) atoms. The molecule has 1 heterocycles. The Kier molecular flexibility index (Phi) is 10.1. The van der Waals surface area contributed by atoms with E-state index in [-0.39, 0.29) is 24.0 Å². The Hall–Kier alpha value is -1.67. The van der Waals surface area contributed by atoms with Gasteiger partial charge < -0.3 is 15.7 Å². The molecule has 1 aromatic carbocycles. The minimum atomic E-state index is -0.597. The topological polar surface area (TPSA) is 69.5 Å². The highest BCUT2D eigenvalue weighted by Crippen LogP contribution is 2.11. The van der Waals surface area contributed by atoms with Gasteiger partial charge in [-0.05, 0) is 42.2 Å². The molecule has 0 saturated heterocycles. The van der Waals surface area contributed by atoms with Crippen LogP contribution in [0.3, 0.4) is 0 Å². The van der Waals surface area contributed by atoms with Crippen molar-refractivity contribution in [3.63, 3.8) is 0 Å². The summed E-state index contributed by atoms with van der Waals surface area (Å²) in [5.74, 6) is 0.705. The number of pyridine rings is 1. The molecule has 0 aliphatic carbocycles. The third-order valence-electron chi connectivity index (χ3n) is 3.80. The molecule has 2 rings (SSSR count). The van der Waals surface area contributed by atoms with E-state index < -0.39 is 6.10 Å². The van der Waals surface area contributed by atoms with Gasteiger partial charge in [0.1, 0.15) is 0 Å². The molecule has 0 fully saturated rings. The molecule has 0 aliphatic rings. The largest absolute Gasteiger partial charge is 0.387 e. The maximum Gasteiger partial charge on any atom is 0.191 e. The van der Waals surface area contributed by atoms with Crippen LogP contribution in [-0.2, 0) is 13.0 Å². The number of benzene rings is 1. The fraction of sp³-hybridized carbons (Fsp3) is 0.368. The van der Waals surface area contributed by atoms with Crippen molar-refractivity contribution in [2.75, 3.05) is 13.1 Å². The number of hydrogen-bond donors (Lipinski definition) is 3. The van der Waals surface area contributed by atoms with Crippen molar-refractivity contribution < 1.29 is 5.11 Å². The van der Waals surface area contributed by atoms with E-state index in [0.717, 1.165) is 18.5 Å². The van der Waals surface area contributed by atoms with E-state index in [4.69, 9.17) is 0 Å². The van der Waals surface area contributed by atoms with Crippen molar-refractivity contribution in [1.29, 1.82) is 0 Å². The van der Waals surface area contributed by atoms with Crippen LogP contribution in [0.4, 0.5) is 0 Å². The average Bonchev–Trinajstić information content (AvgIpc) is 2.64. The monoisotopic (exact) mass is 454 g/mol. The van der Waals surface area contributed by atoms with Crippen molar-refractivity contribution in [2.24, 2.45) is 4.99 Å². The van der Waals surface area contributed by atoms with Gasteiger partial charge >= 0.3 is 0 Å². The second-order valence-corrected chi connectivity index (χ2v) is 5.49. The first-order chi connectivity index (χ1) is 11.7. The highest BCUT2D eigenvalue weighted by molar-refractivity contribution is 14.0. The number of aliphatic imine (C=N–C) groups is 1. The van der Waals surface area contributed by atoms with E-state index >= 15 is 0 Å². The van der Waals surface area contributed by atoms with Crippen molar-refractivity contribution in [3.05, 3.63) is 65.5 Å². The van der Waals surface area contributed by atoms with Crippen LogP contribution >= 0.6 is 24.0 Å². The van der Waals surface area contributed by atoms with E-state index in [1.807, 2.05) is 25.1 Å². The fourth-order valence-corrected chi connectivity index (χ4v) is 2.46. The number of rotatable bonds is 7. The van der Waals surface area contributed by atoms with E-state index in [2.05, 4.69) is 45.7 Å². The van der Waals surface area contributed by atoms with E-state index in [1.54, 1.807) is 12.4 Å². The summed E-state index contributed by atoms with van der Waals surface area (Å²) in [4.78, 5) is 8.59. The Bertz CT molecular complexity index is 649. The summed E-state index contributed by atoms with van der Waals surface area (Å²) in [5.41, 5.74) is 3.38. The first-order valence-electron chi connectivity index (χ1n) is 8.41. The van der Waals surface area contributed by atoms with Gasteiger partial charge in [0.15, 0.2) is 5.96 Å². The van der Waals surface area contributed by atoms with Gasteiger partial charge in [0.05, 0.1) is 12.6 Å². The molecule has 0 saturated carbocycles. The molecular formula is C19H27IN4O. The number of aromatic nitrogens is 1. The highest BCUT2D eigenvalue weighted by atomic mass is 127. The van der Waals surface area contributed by atoms with Crippen molar-refractivity contribution in [3.8, 4) is 0 Å². The number of aryl methyl sites for hydroxylation is 1. The third kappa shape index (κ3) is 6.99. The first-order valence-corrected chi connectivity index (χ1v) is 8.41. The quantitative estimate of drug-likeness (QED) is 0.342. The van der Waals surface area contributed by atoms with Gasteiger partial charge in [-0.25, -0.2) is 4.99 Å². The van der Waals surface area contributed by atoms with Crippen LogP contribution in [0.25, 0.3) is 0 Å². The standard InChI is InChI=1S/C19H26N4O.HI/c1-3-15-7-5-6-8-17(15)13-22-19(21-4-2)23-14-18(24)16-9-11-20-12-10-16;/h5-12,18,24H,3-4,13-14H2,1-2H3,(H2,21,22,23);1H. The maximum atomic E-state index is 10.2. The molecule has 1 aromatic heterocycles. The smallest absolute Gasteiger partial charge is 0.191 e.